The van der Waals surface area contributed by atoms with Gasteiger partial charge in [0.2, 0.25) is 0 Å². The maximum atomic E-state index is 13.5. The number of hydrogen-bond acceptors (Lipinski definition) is 3. The molecule has 4 heteroatoms. The predicted octanol–water partition coefficient (Wildman–Crippen LogP) is 5.09. The zero-order valence-electron chi connectivity index (χ0n) is 23.3. The van der Waals surface area contributed by atoms with Crippen LogP contribution in [0.25, 0.3) is 0 Å². The lowest BCUT2D eigenvalue weighted by molar-refractivity contribution is -0.164. The molecule has 0 unspecified atom stereocenters. The molecule has 0 amide bonds. The summed E-state index contributed by atoms with van der Waals surface area (Å²) in [5.74, 6) is 0.378. The fourth-order valence-electron chi connectivity index (χ4n) is 8.48. The van der Waals surface area contributed by atoms with Crippen LogP contribution in [0.1, 0.15) is 77.1 Å². The molecule has 1 heterocycles. The minimum Gasteiger partial charge on any atom is -0.387 e. The van der Waals surface area contributed by atoms with Crippen LogP contribution in [0.3, 0.4) is 0 Å². The average Bonchev–Trinajstić information content (AvgIpc) is 3.34. The summed E-state index contributed by atoms with van der Waals surface area (Å²) in [5, 5.41) is 11.2. The maximum Gasteiger partial charge on any atom is 0.156 e. The van der Waals surface area contributed by atoms with Crippen molar-refractivity contribution in [2.45, 2.75) is 83.8 Å². The topological polar surface area (TPSA) is 51.5 Å². The Kier molecular flexibility index (Phi) is 4.33. The number of hydrogen-bond donors (Lipinski definition) is 1. The first kappa shape index (κ1) is 17.4. The van der Waals surface area contributed by atoms with Gasteiger partial charge < -0.3 is 14.4 Å². The van der Waals surface area contributed by atoms with E-state index in [0.29, 0.717) is 43.2 Å². The number of rotatable bonds is 5. The highest BCUT2D eigenvalue weighted by molar-refractivity contribution is 5.82. The number of fused-ring (bicyclic) bond motifs is 5. The zero-order chi connectivity index (χ0) is 25.4. The van der Waals surface area contributed by atoms with Crippen molar-refractivity contribution in [1.82, 2.24) is 4.57 Å². The van der Waals surface area contributed by atoms with Crippen LogP contribution in [0.15, 0.2) is 24.5 Å². The summed E-state index contributed by atoms with van der Waals surface area (Å²) in [6, 6.07) is 3.45. The molecular weight excluding hydrogens is 386 g/mol. The highest BCUT2D eigenvalue weighted by Gasteiger charge is 2.62. The van der Waals surface area contributed by atoms with Gasteiger partial charge >= 0.3 is 0 Å². The van der Waals surface area contributed by atoms with Gasteiger partial charge in [0.15, 0.2) is 5.78 Å². The lowest BCUT2D eigenvalue weighted by atomic mass is 9.44. The molecule has 0 radical (unpaired) electrons. The van der Waals surface area contributed by atoms with Crippen LogP contribution in [-0.2, 0) is 16.1 Å². The summed E-state index contributed by atoms with van der Waals surface area (Å²) in [5.41, 5.74) is -1.76. The second-order valence-corrected chi connectivity index (χ2v) is 11.4. The minimum absolute atomic E-state index is 0.0445. The number of methoxy groups -OCH3 is 1. The second kappa shape index (κ2) is 7.73. The number of carbonyl (C=O) groups excluding carboxylic acids is 1. The molecule has 0 saturated heterocycles. The largest absolute Gasteiger partial charge is 0.387 e. The SMILES string of the molecule is [2H]c1cccn1CC(=O)[C@@]1([2H])CC[C@H]2[C@@H]3CC[C@H]4C[C@@](O)(C([2H])([2H])OC)CC[C@]4(C)[C@H]3CC[C@@]21C. The van der Waals surface area contributed by atoms with Crippen molar-refractivity contribution < 1.29 is 20.1 Å². The molecule has 1 aromatic heterocycles. The number of ether oxygens (including phenoxy) is 1. The zero-order valence-corrected chi connectivity index (χ0v) is 19.3. The van der Waals surface area contributed by atoms with Crippen LogP contribution in [0, 0.1) is 40.4 Å². The lowest BCUT2D eigenvalue weighted by Gasteiger charge is -2.62. The van der Waals surface area contributed by atoms with Gasteiger partial charge in [0, 0.05) is 26.7 Å². The predicted molar refractivity (Wildman–Crippen MR) is 121 cm³/mol. The van der Waals surface area contributed by atoms with Gasteiger partial charge in [-0.15, -0.1) is 0 Å². The second-order valence-electron chi connectivity index (χ2n) is 11.4. The Hall–Kier alpha value is -1.13. The van der Waals surface area contributed by atoms with E-state index >= 15 is 0 Å². The third-order valence-electron chi connectivity index (χ3n) is 10.1. The van der Waals surface area contributed by atoms with Crippen LogP contribution >= 0.6 is 0 Å². The van der Waals surface area contributed by atoms with Crippen molar-refractivity contribution in [2.24, 2.45) is 40.4 Å². The monoisotopic (exact) mass is 431 g/mol. The third-order valence-corrected chi connectivity index (χ3v) is 10.1. The molecule has 4 aliphatic carbocycles. The van der Waals surface area contributed by atoms with Gasteiger partial charge in [-0.25, -0.2) is 0 Å². The van der Waals surface area contributed by atoms with Crippen molar-refractivity contribution in [3.63, 3.8) is 0 Å². The normalized spacial score (nSPS) is 51.5. The van der Waals surface area contributed by atoms with Gasteiger partial charge in [-0.3, -0.25) is 4.79 Å². The summed E-state index contributed by atoms with van der Waals surface area (Å²) in [4.78, 5) is 13.5. The molecule has 172 valence electrons. The first-order valence-corrected chi connectivity index (χ1v) is 12.2. The maximum absolute atomic E-state index is 13.5. The molecule has 0 aromatic carbocycles. The van der Waals surface area contributed by atoms with Gasteiger partial charge in [0.1, 0.15) is 0 Å². The Labute approximate surface area is 193 Å². The quantitative estimate of drug-likeness (QED) is 0.706. The smallest absolute Gasteiger partial charge is 0.156 e. The molecule has 8 atom stereocenters. The fraction of sp³-hybridized carbons (Fsp3) is 0.815. The van der Waals surface area contributed by atoms with Crippen molar-refractivity contribution in [3.05, 3.63) is 24.5 Å². The molecule has 4 nitrogen and oxygen atoms in total. The molecule has 0 spiro atoms. The molecule has 5 rings (SSSR count). The van der Waals surface area contributed by atoms with Crippen LogP contribution in [0.2, 0.25) is 0 Å². The average molecular weight is 432 g/mol. The van der Waals surface area contributed by atoms with Gasteiger partial charge in [0.25, 0.3) is 0 Å². The van der Waals surface area contributed by atoms with Crippen molar-refractivity contribution in [2.75, 3.05) is 13.7 Å². The molecule has 31 heavy (non-hydrogen) atoms. The van der Waals surface area contributed by atoms with Gasteiger partial charge in [-0.05, 0) is 104 Å². The molecule has 0 bridgehead atoms. The molecular formula is C27H41NO3. The number of nitrogens with zero attached hydrogens (tertiary/aromatic N) is 1. The highest BCUT2D eigenvalue weighted by atomic mass is 16.5. The van der Waals surface area contributed by atoms with E-state index in [0.717, 1.165) is 38.5 Å². The van der Waals surface area contributed by atoms with E-state index in [1.807, 2.05) is 0 Å². The van der Waals surface area contributed by atoms with Crippen LogP contribution in [-0.4, -0.2) is 34.7 Å². The standard InChI is InChI=1S/C27H41NO3/c1-25-12-13-27(30,18-31-3)16-19(25)6-7-20-21-8-9-23(26(21,2)11-10-22(20)25)24(29)17-28-14-4-5-15-28/h4-5,14-15,19-23,30H,6-13,16-18H2,1-3H3/t19-,20-,21-,22-,23+,25-,26-,27+/m0/s1/i14D,18D2,23D. The van der Waals surface area contributed by atoms with E-state index in [1.165, 1.54) is 7.11 Å². The van der Waals surface area contributed by atoms with Crippen LogP contribution in [0.5, 0.6) is 0 Å². The van der Waals surface area contributed by atoms with Crippen LogP contribution < -0.4 is 0 Å². The molecule has 4 saturated carbocycles. The van der Waals surface area contributed by atoms with Gasteiger partial charge in [-0.2, -0.15) is 0 Å². The number of aliphatic hydroxyl groups is 1. The Balaban J connectivity index is 1.37. The fourth-order valence-corrected chi connectivity index (χ4v) is 8.48. The van der Waals surface area contributed by atoms with Crippen molar-refractivity contribution in [1.29, 1.82) is 0 Å². The Morgan fingerprint density at radius 3 is 2.71 bits per heavy atom. The summed E-state index contributed by atoms with van der Waals surface area (Å²) < 4.78 is 40.7. The molecule has 1 aromatic rings. The first-order chi connectivity index (χ1) is 16.3. The van der Waals surface area contributed by atoms with Gasteiger partial charge in [-0.1, -0.05) is 13.8 Å². The number of Topliss-reactive ketones (excluding diaryl/α,β-unsaturated/α-hetero) is 1. The number of aromatic nitrogens is 1. The Morgan fingerprint density at radius 1 is 1.16 bits per heavy atom. The van der Waals surface area contributed by atoms with Crippen LogP contribution in [0.4, 0.5) is 0 Å². The van der Waals surface area contributed by atoms with E-state index in [2.05, 4.69) is 13.8 Å². The van der Waals surface area contributed by atoms with Crippen molar-refractivity contribution in [3.8, 4) is 0 Å². The van der Waals surface area contributed by atoms with E-state index in [4.69, 9.17) is 8.85 Å². The molecule has 4 aliphatic rings. The summed E-state index contributed by atoms with van der Waals surface area (Å²) in [6.45, 7) is 2.59. The molecule has 1 N–H and O–H groups in total. The molecule has 0 aliphatic heterocycles. The number of carbonyl (C=O) groups is 1. The Morgan fingerprint density at radius 2 is 1.97 bits per heavy atom. The van der Waals surface area contributed by atoms with Gasteiger partial charge in [0.05, 0.1) is 22.8 Å². The van der Waals surface area contributed by atoms with E-state index in [9.17, 15) is 11.3 Å². The lowest BCUT2D eigenvalue weighted by Crippen LogP contribution is -2.56. The first-order valence-electron chi connectivity index (χ1n) is 14.2. The molecule has 4 fully saturated rings. The summed E-state index contributed by atoms with van der Waals surface area (Å²) in [7, 11) is 1.33. The van der Waals surface area contributed by atoms with Crippen molar-refractivity contribution >= 4 is 5.78 Å². The van der Waals surface area contributed by atoms with E-state index in [-0.39, 0.29) is 29.1 Å². The Bertz CT molecular complexity index is 999. The highest BCUT2D eigenvalue weighted by Crippen LogP contribution is 2.68. The minimum atomic E-state index is -2.05. The number of ketones is 1. The summed E-state index contributed by atoms with van der Waals surface area (Å²) >= 11 is 0. The third kappa shape index (κ3) is 3.44. The van der Waals surface area contributed by atoms with E-state index in [1.54, 1.807) is 22.9 Å². The van der Waals surface area contributed by atoms with E-state index < -0.39 is 18.1 Å². The summed E-state index contributed by atoms with van der Waals surface area (Å²) in [6.07, 6.45) is 9.02.